The van der Waals surface area contributed by atoms with Gasteiger partial charge in [-0.3, -0.25) is 0 Å². The quantitative estimate of drug-likeness (QED) is 0.861. The van der Waals surface area contributed by atoms with E-state index in [9.17, 15) is 4.39 Å². The molecule has 0 radical (unpaired) electrons. The zero-order chi connectivity index (χ0) is 15.2. The van der Waals surface area contributed by atoms with E-state index in [-0.39, 0.29) is 5.82 Å². The molecule has 2 N–H and O–H groups in total. The van der Waals surface area contributed by atoms with Crippen molar-refractivity contribution < 1.29 is 13.9 Å². The van der Waals surface area contributed by atoms with Gasteiger partial charge in [-0.25, -0.2) is 4.39 Å². The predicted molar refractivity (Wildman–Crippen MR) is 84.2 cm³/mol. The monoisotopic (exact) mass is 353 g/mol. The summed E-state index contributed by atoms with van der Waals surface area (Å²) in [5.74, 6) is 1.21. The third-order valence-corrected chi connectivity index (χ3v) is 3.46. The number of nitrogens with two attached hydrogens (primary N) is 1. The van der Waals surface area contributed by atoms with Gasteiger partial charge in [0.25, 0.3) is 0 Å². The Kier molecular flexibility index (Phi) is 5.59. The highest BCUT2D eigenvalue weighted by Gasteiger charge is 2.07. The van der Waals surface area contributed by atoms with Crippen LogP contribution in [-0.2, 0) is 13.0 Å². The van der Waals surface area contributed by atoms with Crippen LogP contribution in [-0.4, -0.2) is 13.7 Å². The zero-order valence-electron chi connectivity index (χ0n) is 11.7. The van der Waals surface area contributed by atoms with Crippen LogP contribution < -0.4 is 15.2 Å². The molecule has 2 aromatic rings. The highest BCUT2D eigenvalue weighted by molar-refractivity contribution is 9.10. The first-order valence-electron chi connectivity index (χ1n) is 6.57. The maximum absolute atomic E-state index is 13.3. The molecule has 0 saturated carbocycles. The molecule has 0 amide bonds. The molecule has 112 valence electrons. The van der Waals surface area contributed by atoms with Crippen molar-refractivity contribution in [1.82, 2.24) is 0 Å². The van der Waals surface area contributed by atoms with E-state index in [1.165, 1.54) is 12.1 Å². The van der Waals surface area contributed by atoms with Gasteiger partial charge >= 0.3 is 0 Å². The fourth-order valence-electron chi connectivity index (χ4n) is 2.03. The van der Waals surface area contributed by atoms with Crippen molar-refractivity contribution in [3.05, 3.63) is 57.8 Å². The first-order chi connectivity index (χ1) is 10.1. The molecule has 0 atom stereocenters. The SMILES string of the molecule is COc1ccc(OCc2cc(F)cc(Br)c2)c(CCN)c1. The van der Waals surface area contributed by atoms with Gasteiger partial charge in [0.1, 0.15) is 23.9 Å². The van der Waals surface area contributed by atoms with Gasteiger partial charge < -0.3 is 15.2 Å². The van der Waals surface area contributed by atoms with Gasteiger partial charge in [0.05, 0.1) is 7.11 Å². The Morgan fingerprint density at radius 3 is 2.67 bits per heavy atom. The standard InChI is InChI=1S/C16H17BrFNO2/c1-20-15-2-3-16(12(8-15)4-5-19)21-10-11-6-13(17)9-14(18)7-11/h2-3,6-9H,4-5,10,19H2,1H3. The lowest BCUT2D eigenvalue weighted by Crippen LogP contribution is -2.06. The molecule has 5 heteroatoms. The lowest BCUT2D eigenvalue weighted by molar-refractivity contribution is 0.301. The summed E-state index contributed by atoms with van der Waals surface area (Å²) in [6, 6.07) is 10.3. The average molecular weight is 354 g/mol. The van der Waals surface area contributed by atoms with Crippen LogP contribution in [0.5, 0.6) is 11.5 Å². The van der Waals surface area contributed by atoms with Crippen LogP contribution in [0.4, 0.5) is 4.39 Å². The number of hydrogen-bond acceptors (Lipinski definition) is 3. The van der Waals surface area contributed by atoms with Crippen LogP contribution in [0.3, 0.4) is 0 Å². The maximum atomic E-state index is 13.3. The van der Waals surface area contributed by atoms with E-state index in [1.807, 2.05) is 24.3 Å². The zero-order valence-corrected chi connectivity index (χ0v) is 13.3. The number of ether oxygens (including phenoxy) is 2. The van der Waals surface area contributed by atoms with Crippen molar-refractivity contribution in [2.45, 2.75) is 13.0 Å². The summed E-state index contributed by atoms with van der Waals surface area (Å²) in [7, 11) is 1.62. The average Bonchev–Trinajstić information content (AvgIpc) is 2.45. The Bertz CT molecular complexity index is 599. The van der Waals surface area contributed by atoms with E-state index in [2.05, 4.69) is 15.9 Å². The molecule has 0 bridgehead atoms. The second kappa shape index (κ2) is 7.43. The van der Waals surface area contributed by atoms with Crippen LogP contribution in [0.1, 0.15) is 11.1 Å². The molecule has 3 nitrogen and oxygen atoms in total. The van der Waals surface area contributed by atoms with Crippen molar-refractivity contribution in [2.75, 3.05) is 13.7 Å². The van der Waals surface area contributed by atoms with Crippen molar-refractivity contribution in [1.29, 1.82) is 0 Å². The topological polar surface area (TPSA) is 44.5 Å². The molecular weight excluding hydrogens is 337 g/mol. The summed E-state index contributed by atoms with van der Waals surface area (Å²) in [4.78, 5) is 0. The summed E-state index contributed by atoms with van der Waals surface area (Å²) < 4.78 is 25.0. The smallest absolute Gasteiger partial charge is 0.124 e. The first kappa shape index (κ1) is 15.8. The number of methoxy groups -OCH3 is 1. The Morgan fingerprint density at radius 1 is 1.19 bits per heavy atom. The van der Waals surface area contributed by atoms with E-state index in [4.69, 9.17) is 15.2 Å². The van der Waals surface area contributed by atoms with Gasteiger partial charge in [0.2, 0.25) is 0 Å². The summed E-state index contributed by atoms with van der Waals surface area (Å²) in [5, 5.41) is 0. The van der Waals surface area contributed by atoms with Gasteiger partial charge in [-0.2, -0.15) is 0 Å². The van der Waals surface area contributed by atoms with Crippen LogP contribution in [0.2, 0.25) is 0 Å². The molecule has 0 unspecified atom stereocenters. The van der Waals surface area contributed by atoms with Crippen molar-refractivity contribution in [3.63, 3.8) is 0 Å². The summed E-state index contributed by atoms with van der Waals surface area (Å²) in [6.45, 7) is 0.815. The second-order valence-electron chi connectivity index (χ2n) is 4.58. The minimum absolute atomic E-state index is 0.292. The fourth-order valence-corrected chi connectivity index (χ4v) is 2.54. The highest BCUT2D eigenvalue weighted by atomic mass is 79.9. The van der Waals surface area contributed by atoms with Crippen LogP contribution in [0.15, 0.2) is 40.9 Å². The molecule has 21 heavy (non-hydrogen) atoms. The molecule has 2 rings (SSSR count). The Labute approximate surface area is 132 Å². The van der Waals surface area contributed by atoms with E-state index < -0.39 is 0 Å². The third-order valence-electron chi connectivity index (χ3n) is 3.00. The molecule has 0 fully saturated rings. The number of benzene rings is 2. The summed E-state index contributed by atoms with van der Waals surface area (Å²) >= 11 is 3.27. The van der Waals surface area contributed by atoms with Crippen LogP contribution in [0, 0.1) is 5.82 Å². The number of hydrogen-bond donors (Lipinski definition) is 1. The molecule has 0 aliphatic heterocycles. The second-order valence-corrected chi connectivity index (χ2v) is 5.49. The summed E-state index contributed by atoms with van der Waals surface area (Å²) in [5.41, 5.74) is 7.36. The molecular formula is C16H17BrFNO2. The Morgan fingerprint density at radius 2 is 2.00 bits per heavy atom. The fraction of sp³-hybridized carbons (Fsp3) is 0.250. The molecule has 0 saturated heterocycles. The van der Waals surface area contributed by atoms with Crippen LogP contribution >= 0.6 is 15.9 Å². The molecule has 2 aromatic carbocycles. The molecule has 0 aromatic heterocycles. The van der Waals surface area contributed by atoms with E-state index in [1.54, 1.807) is 7.11 Å². The highest BCUT2D eigenvalue weighted by Crippen LogP contribution is 2.26. The molecule has 0 aliphatic carbocycles. The number of halogens is 2. The lowest BCUT2D eigenvalue weighted by Gasteiger charge is -2.13. The molecule has 0 heterocycles. The van der Waals surface area contributed by atoms with Crippen molar-refractivity contribution in [2.24, 2.45) is 5.73 Å². The third kappa shape index (κ3) is 4.44. The van der Waals surface area contributed by atoms with Gasteiger partial charge in [0, 0.05) is 4.47 Å². The van der Waals surface area contributed by atoms with Gasteiger partial charge in [0.15, 0.2) is 0 Å². The minimum Gasteiger partial charge on any atom is -0.497 e. The van der Waals surface area contributed by atoms with Crippen molar-refractivity contribution >= 4 is 15.9 Å². The normalized spacial score (nSPS) is 10.5. The minimum atomic E-state index is -0.292. The van der Waals surface area contributed by atoms with E-state index in [0.29, 0.717) is 24.0 Å². The maximum Gasteiger partial charge on any atom is 0.124 e. The lowest BCUT2D eigenvalue weighted by atomic mass is 10.1. The Balaban J connectivity index is 2.15. The van der Waals surface area contributed by atoms with Gasteiger partial charge in [-0.1, -0.05) is 15.9 Å². The molecule has 0 spiro atoms. The number of rotatable bonds is 6. The first-order valence-corrected chi connectivity index (χ1v) is 7.36. The van der Waals surface area contributed by atoms with Gasteiger partial charge in [-0.05, 0) is 60.5 Å². The predicted octanol–water partition coefficient (Wildman–Crippen LogP) is 3.68. The Hall–Kier alpha value is -1.59. The van der Waals surface area contributed by atoms with E-state index >= 15 is 0 Å². The van der Waals surface area contributed by atoms with Crippen molar-refractivity contribution in [3.8, 4) is 11.5 Å². The summed E-state index contributed by atoms with van der Waals surface area (Å²) in [6.07, 6.45) is 0.694. The van der Waals surface area contributed by atoms with Gasteiger partial charge in [-0.15, -0.1) is 0 Å². The van der Waals surface area contributed by atoms with E-state index in [0.717, 1.165) is 22.6 Å². The molecule has 0 aliphatic rings. The van der Waals surface area contributed by atoms with Crippen LogP contribution in [0.25, 0.3) is 0 Å². The largest absolute Gasteiger partial charge is 0.497 e.